The molecule has 1 aromatic carbocycles. The summed E-state index contributed by atoms with van der Waals surface area (Å²) in [6.45, 7) is 3.98. The Balaban J connectivity index is 2.42. The van der Waals surface area contributed by atoms with Crippen molar-refractivity contribution in [1.82, 2.24) is 9.97 Å². The molecule has 1 aromatic heterocycles. The largest absolute Gasteiger partial charge is 0.233 e. The van der Waals surface area contributed by atoms with Gasteiger partial charge in [-0.25, -0.2) is 9.97 Å². The van der Waals surface area contributed by atoms with E-state index in [0.717, 1.165) is 17.7 Å². The smallest absolute Gasteiger partial charge is 0.133 e. The van der Waals surface area contributed by atoms with Gasteiger partial charge in [-0.2, -0.15) is 0 Å². The number of hydrogen-bond donors (Lipinski definition) is 0. The summed E-state index contributed by atoms with van der Waals surface area (Å²) in [6, 6.07) is 10.1. The summed E-state index contributed by atoms with van der Waals surface area (Å²) >= 11 is 5.91. The summed E-state index contributed by atoms with van der Waals surface area (Å²) in [4.78, 5) is 8.41. The summed E-state index contributed by atoms with van der Waals surface area (Å²) < 4.78 is 0. The number of nitrogens with zero attached hydrogens (tertiary/aromatic N) is 2. The monoisotopic (exact) mass is 232 g/mol. The lowest BCUT2D eigenvalue weighted by molar-refractivity contribution is 1.06. The fourth-order valence-electron chi connectivity index (χ4n) is 1.59. The van der Waals surface area contributed by atoms with Gasteiger partial charge in [0, 0.05) is 11.6 Å². The van der Waals surface area contributed by atoms with Gasteiger partial charge >= 0.3 is 0 Å². The summed E-state index contributed by atoms with van der Waals surface area (Å²) in [6.07, 6.45) is 1.05. The van der Waals surface area contributed by atoms with E-state index in [1.54, 1.807) is 6.07 Å². The van der Waals surface area contributed by atoms with Crippen molar-refractivity contribution in [3.63, 3.8) is 0 Å². The Hall–Kier alpha value is -1.41. The third-order valence-corrected chi connectivity index (χ3v) is 2.66. The maximum absolute atomic E-state index is 5.91. The van der Waals surface area contributed by atoms with E-state index in [2.05, 4.69) is 41.2 Å². The molecule has 0 aliphatic heterocycles. The predicted molar refractivity (Wildman–Crippen MR) is 66.6 cm³/mol. The highest BCUT2D eigenvalue weighted by molar-refractivity contribution is 6.29. The van der Waals surface area contributed by atoms with Gasteiger partial charge in [0.1, 0.15) is 11.0 Å². The highest BCUT2D eigenvalue weighted by atomic mass is 35.5. The zero-order chi connectivity index (χ0) is 11.5. The summed E-state index contributed by atoms with van der Waals surface area (Å²) in [5.41, 5.74) is 3.27. The van der Waals surface area contributed by atoms with Crippen LogP contribution in [0.4, 0.5) is 0 Å². The minimum Gasteiger partial charge on any atom is -0.233 e. The van der Waals surface area contributed by atoms with Gasteiger partial charge in [-0.15, -0.1) is 0 Å². The highest BCUT2D eigenvalue weighted by Crippen LogP contribution is 2.20. The molecule has 82 valence electrons. The van der Waals surface area contributed by atoms with Crippen LogP contribution in [0.25, 0.3) is 11.3 Å². The number of benzene rings is 1. The van der Waals surface area contributed by atoms with Gasteiger partial charge in [-0.3, -0.25) is 0 Å². The Morgan fingerprint density at radius 1 is 1.12 bits per heavy atom. The fourth-order valence-corrected chi connectivity index (χ4v) is 1.82. The van der Waals surface area contributed by atoms with E-state index >= 15 is 0 Å². The van der Waals surface area contributed by atoms with Gasteiger partial charge in [-0.1, -0.05) is 42.8 Å². The van der Waals surface area contributed by atoms with Crippen LogP contribution >= 0.6 is 11.6 Å². The minimum atomic E-state index is 0.488. The first-order chi connectivity index (χ1) is 7.69. The van der Waals surface area contributed by atoms with Crippen LogP contribution in [0.15, 0.2) is 30.3 Å². The second kappa shape index (κ2) is 4.62. The molecular weight excluding hydrogens is 220 g/mol. The van der Waals surface area contributed by atoms with Crippen LogP contribution in [0, 0.1) is 6.92 Å². The summed E-state index contributed by atoms with van der Waals surface area (Å²) in [7, 11) is 0. The molecule has 2 aromatic rings. The van der Waals surface area contributed by atoms with Gasteiger partial charge in [0.25, 0.3) is 0 Å². The molecule has 0 N–H and O–H groups in total. The zero-order valence-electron chi connectivity index (χ0n) is 9.37. The van der Waals surface area contributed by atoms with Gasteiger partial charge < -0.3 is 0 Å². The normalized spacial score (nSPS) is 10.4. The molecule has 1 heterocycles. The number of aryl methyl sites for hydroxylation is 2. The van der Waals surface area contributed by atoms with E-state index in [-0.39, 0.29) is 0 Å². The van der Waals surface area contributed by atoms with Crippen molar-refractivity contribution in [3.8, 4) is 11.3 Å². The molecule has 0 bridgehead atoms. The van der Waals surface area contributed by atoms with E-state index in [1.165, 1.54) is 5.56 Å². The Morgan fingerprint density at radius 3 is 2.38 bits per heavy atom. The molecule has 2 rings (SSSR count). The molecular formula is C13H13ClN2. The van der Waals surface area contributed by atoms with Crippen LogP contribution in [-0.2, 0) is 6.42 Å². The first-order valence-corrected chi connectivity index (χ1v) is 5.67. The van der Waals surface area contributed by atoms with Crippen LogP contribution in [0.5, 0.6) is 0 Å². The van der Waals surface area contributed by atoms with Crippen molar-refractivity contribution in [2.45, 2.75) is 20.3 Å². The fraction of sp³-hybridized carbons (Fsp3) is 0.231. The lowest BCUT2D eigenvalue weighted by atomic mass is 10.1. The first-order valence-electron chi connectivity index (χ1n) is 5.29. The molecule has 3 heteroatoms. The molecule has 0 amide bonds. The van der Waals surface area contributed by atoms with Gasteiger partial charge in [-0.05, 0) is 18.9 Å². The average molecular weight is 233 g/mol. The third kappa shape index (κ3) is 2.39. The van der Waals surface area contributed by atoms with Crippen molar-refractivity contribution in [2.75, 3.05) is 0 Å². The molecule has 0 spiro atoms. The molecule has 0 aliphatic rings. The Labute approximate surface area is 100 Å². The van der Waals surface area contributed by atoms with E-state index in [1.807, 2.05) is 6.92 Å². The minimum absolute atomic E-state index is 0.488. The van der Waals surface area contributed by atoms with E-state index in [9.17, 15) is 0 Å². The molecule has 0 saturated heterocycles. The standard InChI is InChI=1S/C13H13ClN2/c1-3-10-4-6-11(7-5-10)12-8-13(14)16-9(2)15-12/h4-8H,3H2,1-2H3. The van der Waals surface area contributed by atoms with Crippen molar-refractivity contribution >= 4 is 11.6 Å². The number of halogens is 1. The Kier molecular flexibility index (Phi) is 3.20. The maximum atomic E-state index is 5.91. The van der Waals surface area contributed by atoms with E-state index in [0.29, 0.717) is 11.0 Å². The number of hydrogen-bond acceptors (Lipinski definition) is 2. The lowest BCUT2D eigenvalue weighted by Gasteiger charge is -2.03. The molecule has 0 unspecified atom stereocenters. The quantitative estimate of drug-likeness (QED) is 0.739. The Morgan fingerprint density at radius 2 is 1.81 bits per heavy atom. The molecule has 0 fully saturated rings. The van der Waals surface area contributed by atoms with E-state index in [4.69, 9.17) is 11.6 Å². The summed E-state index contributed by atoms with van der Waals surface area (Å²) in [5.74, 6) is 0.696. The summed E-state index contributed by atoms with van der Waals surface area (Å²) in [5, 5.41) is 0.488. The molecule has 2 nitrogen and oxygen atoms in total. The average Bonchev–Trinajstić information content (AvgIpc) is 2.28. The van der Waals surface area contributed by atoms with Crippen LogP contribution in [0.1, 0.15) is 18.3 Å². The van der Waals surface area contributed by atoms with Gasteiger partial charge in [0.2, 0.25) is 0 Å². The molecule has 0 radical (unpaired) electrons. The lowest BCUT2D eigenvalue weighted by Crippen LogP contribution is -1.91. The SMILES string of the molecule is CCc1ccc(-c2cc(Cl)nc(C)n2)cc1. The highest BCUT2D eigenvalue weighted by Gasteiger charge is 2.02. The van der Waals surface area contributed by atoms with Crippen molar-refractivity contribution < 1.29 is 0 Å². The van der Waals surface area contributed by atoms with Crippen LogP contribution < -0.4 is 0 Å². The topological polar surface area (TPSA) is 25.8 Å². The second-order valence-corrected chi connectivity index (χ2v) is 4.06. The van der Waals surface area contributed by atoms with Gasteiger partial charge in [0.15, 0.2) is 0 Å². The molecule has 16 heavy (non-hydrogen) atoms. The molecule has 0 saturated carbocycles. The predicted octanol–water partition coefficient (Wildman–Crippen LogP) is 3.67. The number of aromatic nitrogens is 2. The van der Waals surface area contributed by atoms with Crippen molar-refractivity contribution in [2.24, 2.45) is 0 Å². The Bertz CT molecular complexity index is 472. The van der Waals surface area contributed by atoms with Crippen LogP contribution in [0.2, 0.25) is 5.15 Å². The van der Waals surface area contributed by atoms with Crippen molar-refractivity contribution in [3.05, 3.63) is 46.9 Å². The first kappa shape index (κ1) is 11.1. The van der Waals surface area contributed by atoms with Crippen LogP contribution in [-0.4, -0.2) is 9.97 Å². The third-order valence-electron chi connectivity index (χ3n) is 2.46. The molecule has 0 aliphatic carbocycles. The molecule has 0 atom stereocenters. The van der Waals surface area contributed by atoms with Gasteiger partial charge in [0.05, 0.1) is 5.69 Å². The maximum Gasteiger partial charge on any atom is 0.133 e. The number of rotatable bonds is 2. The van der Waals surface area contributed by atoms with Crippen molar-refractivity contribution in [1.29, 1.82) is 0 Å². The second-order valence-electron chi connectivity index (χ2n) is 3.67. The zero-order valence-corrected chi connectivity index (χ0v) is 10.1. The van der Waals surface area contributed by atoms with Crippen LogP contribution in [0.3, 0.4) is 0 Å². The van der Waals surface area contributed by atoms with E-state index < -0.39 is 0 Å².